The van der Waals surface area contributed by atoms with Crippen molar-refractivity contribution in [2.75, 3.05) is 0 Å². The van der Waals surface area contributed by atoms with Crippen molar-refractivity contribution in [1.29, 1.82) is 5.26 Å². The second-order valence-corrected chi connectivity index (χ2v) is 6.54. The third-order valence-electron chi connectivity index (χ3n) is 5.13. The van der Waals surface area contributed by atoms with Crippen LogP contribution in [0.1, 0.15) is 43.8 Å². The van der Waals surface area contributed by atoms with Gasteiger partial charge in [0.25, 0.3) is 0 Å². The van der Waals surface area contributed by atoms with E-state index in [2.05, 4.69) is 26.1 Å². The van der Waals surface area contributed by atoms with Crippen LogP contribution in [0.15, 0.2) is 24.8 Å². The largest absolute Gasteiger partial charge is 0.346 e. The smallest absolute Gasteiger partial charge is 0.141 e. The zero-order chi connectivity index (χ0) is 17.2. The summed E-state index contributed by atoms with van der Waals surface area (Å²) in [6, 6.07) is 4.15. The van der Waals surface area contributed by atoms with Gasteiger partial charge in [-0.3, -0.25) is 4.68 Å². The molecule has 1 N–H and O–H groups in total. The van der Waals surface area contributed by atoms with E-state index >= 15 is 0 Å². The molecule has 25 heavy (non-hydrogen) atoms. The summed E-state index contributed by atoms with van der Waals surface area (Å²) >= 11 is 0. The molecule has 4 rings (SSSR count). The van der Waals surface area contributed by atoms with Crippen LogP contribution in [0.4, 0.5) is 4.39 Å². The molecule has 1 unspecified atom stereocenters. The number of hydrogen-bond acceptors (Lipinski definition) is 4. The highest BCUT2D eigenvalue weighted by Gasteiger charge is 2.28. The number of nitriles is 1. The Labute approximate surface area is 144 Å². The maximum absolute atomic E-state index is 13.6. The summed E-state index contributed by atoms with van der Waals surface area (Å²) in [5.74, 6) is 0.428. The first-order valence-corrected chi connectivity index (χ1v) is 8.61. The van der Waals surface area contributed by atoms with Crippen molar-refractivity contribution in [2.45, 2.75) is 44.8 Å². The number of aromatic amines is 1. The second kappa shape index (κ2) is 6.63. The normalized spacial score (nSPS) is 16.3. The van der Waals surface area contributed by atoms with E-state index < -0.39 is 6.67 Å². The average Bonchev–Trinajstić information content (AvgIpc) is 3.39. The molecule has 128 valence electrons. The monoisotopic (exact) mass is 338 g/mol. The first-order chi connectivity index (χ1) is 12.3. The minimum absolute atomic E-state index is 0.00453. The van der Waals surface area contributed by atoms with Gasteiger partial charge in [-0.05, 0) is 24.8 Å². The fourth-order valence-corrected chi connectivity index (χ4v) is 3.89. The first-order valence-electron chi connectivity index (χ1n) is 8.61. The molecule has 6 nitrogen and oxygen atoms in total. The quantitative estimate of drug-likeness (QED) is 0.764. The lowest BCUT2D eigenvalue weighted by Gasteiger charge is -2.21. The van der Waals surface area contributed by atoms with Crippen molar-refractivity contribution >= 4 is 11.0 Å². The van der Waals surface area contributed by atoms with Gasteiger partial charge in [0.05, 0.1) is 24.2 Å². The Morgan fingerprint density at radius 3 is 2.96 bits per heavy atom. The van der Waals surface area contributed by atoms with E-state index in [4.69, 9.17) is 0 Å². The Hall–Kier alpha value is -2.75. The number of alkyl halides is 1. The number of nitrogens with one attached hydrogen (secondary N) is 1. The zero-order valence-corrected chi connectivity index (χ0v) is 13.8. The summed E-state index contributed by atoms with van der Waals surface area (Å²) in [7, 11) is 0. The lowest BCUT2D eigenvalue weighted by Crippen LogP contribution is -2.17. The van der Waals surface area contributed by atoms with Crippen LogP contribution in [0.3, 0.4) is 0 Å². The van der Waals surface area contributed by atoms with Crippen LogP contribution in [0, 0.1) is 17.2 Å². The van der Waals surface area contributed by atoms with Gasteiger partial charge in [0.2, 0.25) is 0 Å². The number of fused-ring (bicyclic) bond motifs is 1. The van der Waals surface area contributed by atoms with E-state index in [1.165, 1.54) is 19.2 Å². The minimum Gasteiger partial charge on any atom is -0.346 e. The molecule has 3 aromatic rings. The highest BCUT2D eigenvalue weighted by atomic mass is 19.1. The van der Waals surface area contributed by atoms with Gasteiger partial charge in [0.15, 0.2) is 0 Å². The minimum atomic E-state index is -0.664. The van der Waals surface area contributed by atoms with Gasteiger partial charge in [-0.2, -0.15) is 10.4 Å². The predicted octanol–water partition coefficient (Wildman–Crippen LogP) is 3.94. The lowest BCUT2D eigenvalue weighted by atomic mass is 9.96. The van der Waals surface area contributed by atoms with E-state index in [0.717, 1.165) is 18.2 Å². The Kier molecular flexibility index (Phi) is 4.18. The lowest BCUT2D eigenvalue weighted by molar-refractivity contribution is 0.311. The maximum Gasteiger partial charge on any atom is 0.141 e. The molecule has 7 heteroatoms. The number of hydrogen-bond donors (Lipinski definition) is 1. The van der Waals surface area contributed by atoms with Crippen molar-refractivity contribution < 1.29 is 4.39 Å². The fraction of sp³-hybridized carbons (Fsp3) is 0.444. The number of aromatic nitrogens is 5. The summed E-state index contributed by atoms with van der Waals surface area (Å²) in [6.07, 6.45) is 10.1. The molecule has 0 bridgehead atoms. The highest BCUT2D eigenvalue weighted by Crippen LogP contribution is 2.37. The predicted molar refractivity (Wildman–Crippen MR) is 91.1 cm³/mol. The Bertz CT molecular complexity index is 915. The highest BCUT2D eigenvalue weighted by molar-refractivity contribution is 5.90. The first kappa shape index (κ1) is 15.8. The van der Waals surface area contributed by atoms with Gasteiger partial charge in [0.1, 0.15) is 24.3 Å². The summed E-state index contributed by atoms with van der Waals surface area (Å²) in [6.45, 7) is -0.664. The molecule has 1 atom stereocenters. The van der Waals surface area contributed by atoms with Gasteiger partial charge >= 0.3 is 0 Å². The van der Waals surface area contributed by atoms with Crippen LogP contribution in [0.5, 0.6) is 0 Å². The standard InChI is InChI=1S/C18H19FN6/c19-9-15-14(17-13-6-8-21-18(13)23-11-22-17)10-25(24-15)16(5-7-20)12-3-1-2-4-12/h6,8,10-12,16H,1-5,9H2,(H,21,22,23). The number of rotatable bonds is 5. The molecule has 1 aliphatic rings. The Morgan fingerprint density at radius 2 is 2.20 bits per heavy atom. The van der Waals surface area contributed by atoms with Crippen LogP contribution < -0.4 is 0 Å². The van der Waals surface area contributed by atoms with Crippen molar-refractivity contribution in [2.24, 2.45) is 5.92 Å². The van der Waals surface area contributed by atoms with E-state index in [1.54, 1.807) is 10.9 Å². The number of H-pyrrole nitrogens is 1. The van der Waals surface area contributed by atoms with Crippen molar-refractivity contribution in [3.8, 4) is 17.3 Å². The van der Waals surface area contributed by atoms with Crippen molar-refractivity contribution in [3.63, 3.8) is 0 Å². The molecule has 3 heterocycles. The van der Waals surface area contributed by atoms with Gasteiger partial charge in [-0.1, -0.05) is 12.8 Å². The van der Waals surface area contributed by atoms with Gasteiger partial charge in [-0.25, -0.2) is 14.4 Å². The molecule has 0 aliphatic heterocycles. The van der Waals surface area contributed by atoms with Gasteiger partial charge in [-0.15, -0.1) is 0 Å². The average molecular weight is 338 g/mol. The molecule has 0 amide bonds. The van der Waals surface area contributed by atoms with E-state index in [9.17, 15) is 9.65 Å². The van der Waals surface area contributed by atoms with Gasteiger partial charge < -0.3 is 4.98 Å². The topological polar surface area (TPSA) is 83.2 Å². The SMILES string of the molecule is N#CCC(C1CCCC1)n1cc(-c2ncnc3[nH]ccc23)c(CF)n1. The molecule has 0 saturated heterocycles. The van der Waals surface area contributed by atoms with E-state index in [-0.39, 0.29) is 6.04 Å². The number of halogens is 1. The second-order valence-electron chi connectivity index (χ2n) is 6.54. The summed E-state index contributed by atoms with van der Waals surface area (Å²) in [5.41, 5.74) is 2.43. The van der Waals surface area contributed by atoms with Crippen LogP contribution in [0.25, 0.3) is 22.3 Å². The number of nitrogens with zero attached hydrogens (tertiary/aromatic N) is 5. The summed E-state index contributed by atoms with van der Waals surface area (Å²) in [5, 5.41) is 14.6. The van der Waals surface area contributed by atoms with E-state index in [0.29, 0.717) is 34.9 Å². The van der Waals surface area contributed by atoms with Crippen LogP contribution in [-0.2, 0) is 6.67 Å². The maximum atomic E-state index is 13.6. The fourth-order valence-electron chi connectivity index (χ4n) is 3.89. The third kappa shape index (κ3) is 2.78. The Balaban J connectivity index is 1.79. The molecule has 3 aromatic heterocycles. The van der Waals surface area contributed by atoms with E-state index in [1.807, 2.05) is 12.3 Å². The molecule has 1 aliphatic carbocycles. The van der Waals surface area contributed by atoms with Crippen LogP contribution >= 0.6 is 0 Å². The molecule has 0 radical (unpaired) electrons. The molecule has 0 aromatic carbocycles. The van der Waals surface area contributed by atoms with Crippen molar-refractivity contribution in [3.05, 3.63) is 30.5 Å². The summed E-state index contributed by atoms with van der Waals surface area (Å²) < 4.78 is 15.4. The molecule has 0 spiro atoms. The Morgan fingerprint density at radius 1 is 1.36 bits per heavy atom. The molecule has 1 saturated carbocycles. The molecular formula is C18H19FN6. The zero-order valence-electron chi connectivity index (χ0n) is 13.8. The molecular weight excluding hydrogens is 319 g/mol. The van der Waals surface area contributed by atoms with Crippen LogP contribution in [0.2, 0.25) is 0 Å². The summed E-state index contributed by atoms with van der Waals surface area (Å²) in [4.78, 5) is 11.6. The van der Waals surface area contributed by atoms with Gasteiger partial charge in [0, 0.05) is 23.3 Å². The molecule has 1 fully saturated rings. The van der Waals surface area contributed by atoms with Crippen molar-refractivity contribution in [1.82, 2.24) is 24.7 Å². The third-order valence-corrected chi connectivity index (χ3v) is 5.13. The van der Waals surface area contributed by atoms with Crippen LogP contribution in [-0.4, -0.2) is 24.7 Å².